The van der Waals surface area contributed by atoms with Crippen LogP contribution in [-0.2, 0) is 4.74 Å². The molecule has 64 valence electrons. The summed E-state index contributed by atoms with van der Waals surface area (Å²) >= 11 is 0. The lowest BCUT2D eigenvalue weighted by Gasteiger charge is -2.25. The number of ether oxygens (including phenoxy) is 1. The first-order valence-electron chi connectivity index (χ1n) is 4.70. The van der Waals surface area contributed by atoms with Crippen molar-refractivity contribution in [3.05, 3.63) is 0 Å². The van der Waals surface area contributed by atoms with Crippen LogP contribution in [0, 0.1) is 5.41 Å². The van der Waals surface area contributed by atoms with Crippen molar-refractivity contribution in [2.24, 2.45) is 5.41 Å². The first kappa shape index (κ1) is 7.56. The van der Waals surface area contributed by atoms with Crippen molar-refractivity contribution in [1.29, 1.82) is 0 Å². The monoisotopic (exact) mass is 155 g/mol. The Bertz CT molecular complexity index is 120. The first-order chi connectivity index (χ1) is 5.41. The fourth-order valence-corrected chi connectivity index (χ4v) is 2.28. The van der Waals surface area contributed by atoms with Gasteiger partial charge in [-0.3, -0.25) is 0 Å². The molecule has 0 radical (unpaired) electrons. The molecule has 0 aromatic heterocycles. The molecule has 2 aliphatic rings. The Labute approximate surface area is 68.3 Å². The fraction of sp³-hybridized carbons (Fsp3) is 1.00. The van der Waals surface area contributed by atoms with E-state index in [1.807, 2.05) is 0 Å². The quantitative estimate of drug-likeness (QED) is 0.567. The first-order valence-corrected chi connectivity index (χ1v) is 4.70. The van der Waals surface area contributed by atoms with E-state index in [1.165, 1.54) is 32.2 Å². The molecule has 1 N–H and O–H groups in total. The maximum Gasteiger partial charge on any atom is 0.0591 e. The number of hydrogen-bond acceptors (Lipinski definition) is 2. The molecule has 1 aliphatic heterocycles. The molecule has 0 amide bonds. The minimum atomic E-state index is 0.524. The molecule has 1 aliphatic carbocycles. The zero-order valence-electron chi connectivity index (χ0n) is 7.07. The zero-order chi connectivity index (χ0) is 7.57. The lowest BCUT2D eigenvalue weighted by atomic mass is 9.87. The van der Waals surface area contributed by atoms with Gasteiger partial charge in [0.25, 0.3) is 0 Å². The highest BCUT2D eigenvalue weighted by atomic mass is 16.5. The van der Waals surface area contributed by atoms with E-state index in [-0.39, 0.29) is 0 Å². The van der Waals surface area contributed by atoms with E-state index in [2.05, 4.69) is 5.32 Å². The topological polar surface area (TPSA) is 21.3 Å². The van der Waals surface area contributed by atoms with Gasteiger partial charge in [-0.25, -0.2) is 0 Å². The van der Waals surface area contributed by atoms with Crippen LogP contribution in [0.15, 0.2) is 0 Å². The highest BCUT2D eigenvalue weighted by Gasteiger charge is 2.34. The third-order valence-electron chi connectivity index (χ3n) is 3.00. The molecule has 0 aromatic rings. The van der Waals surface area contributed by atoms with E-state index in [0.717, 1.165) is 19.8 Å². The van der Waals surface area contributed by atoms with E-state index in [9.17, 15) is 0 Å². The minimum Gasteiger partial charge on any atom is -0.380 e. The van der Waals surface area contributed by atoms with Gasteiger partial charge in [-0.05, 0) is 12.8 Å². The van der Waals surface area contributed by atoms with Crippen LogP contribution in [0.5, 0.6) is 0 Å². The Morgan fingerprint density at radius 2 is 2.00 bits per heavy atom. The van der Waals surface area contributed by atoms with Crippen LogP contribution in [0.4, 0.5) is 0 Å². The summed E-state index contributed by atoms with van der Waals surface area (Å²) in [7, 11) is 0. The average molecular weight is 155 g/mol. The predicted octanol–water partition coefficient (Wildman–Crippen LogP) is 1.17. The van der Waals surface area contributed by atoms with Crippen LogP contribution in [-0.4, -0.2) is 26.3 Å². The van der Waals surface area contributed by atoms with Crippen molar-refractivity contribution >= 4 is 0 Å². The average Bonchev–Trinajstić information content (AvgIpc) is 2.32. The summed E-state index contributed by atoms with van der Waals surface area (Å²) in [6.07, 6.45) is 5.57. The van der Waals surface area contributed by atoms with Crippen LogP contribution in [0.25, 0.3) is 0 Å². The normalized spacial score (nSPS) is 30.5. The fourth-order valence-electron chi connectivity index (χ4n) is 2.28. The van der Waals surface area contributed by atoms with E-state index in [0.29, 0.717) is 5.41 Å². The summed E-state index contributed by atoms with van der Waals surface area (Å²) < 4.78 is 5.57. The van der Waals surface area contributed by atoms with Gasteiger partial charge in [0.2, 0.25) is 0 Å². The van der Waals surface area contributed by atoms with Gasteiger partial charge < -0.3 is 10.1 Å². The summed E-state index contributed by atoms with van der Waals surface area (Å²) in [5.41, 5.74) is 0.524. The third-order valence-corrected chi connectivity index (χ3v) is 3.00. The van der Waals surface area contributed by atoms with Crippen LogP contribution in [0.2, 0.25) is 0 Å². The van der Waals surface area contributed by atoms with Crippen LogP contribution in [0.1, 0.15) is 25.7 Å². The van der Waals surface area contributed by atoms with Gasteiger partial charge in [0.15, 0.2) is 0 Å². The number of hydrogen-bond donors (Lipinski definition) is 1. The predicted molar refractivity (Wildman–Crippen MR) is 44.6 cm³/mol. The second kappa shape index (κ2) is 3.11. The second-order valence-electron chi connectivity index (χ2n) is 3.94. The Kier molecular flexibility index (Phi) is 2.14. The minimum absolute atomic E-state index is 0.524. The molecule has 0 aromatic carbocycles. The molecule has 2 rings (SSSR count). The van der Waals surface area contributed by atoms with Crippen LogP contribution >= 0.6 is 0 Å². The Morgan fingerprint density at radius 1 is 1.18 bits per heavy atom. The smallest absolute Gasteiger partial charge is 0.0591 e. The standard InChI is InChI=1S/C9H17NO/c1-2-4-9(3-1)7-10-5-6-11-8-9/h10H,1-8H2. The van der Waals surface area contributed by atoms with Crippen LogP contribution < -0.4 is 5.32 Å². The van der Waals surface area contributed by atoms with Gasteiger partial charge in [-0.15, -0.1) is 0 Å². The summed E-state index contributed by atoms with van der Waals surface area (Å²) in [4.78, 5) is 0. The molecule has 11 heavy (non-hydrogen) atoms. The van der Waals surface area contributed by atoms with Gasteiger partial charge in [0.1, 0.15) is 0 Å². The molecule has 0 atom stereocenters. The molecule has 0 bridgehead atoms. The van der Waals surface area contributed by atoms with Gasteiger partial charge >= 0.3 is 0 Å². The lowest BCUT2D eigenvalue weighted by Crippen LogP contribution is -2.32. The van der Waals surface area contributed by atoms with Gasteiger partial charge in [-0.2, -0.15) is 0 Å². The maximum absolute atomic E-state index is 5.57. The molecule has 1 saturated heterocycles. The Morgan fingerprint density at radius 3 is 2.82 bits per heavy atom. The van der Waals surface area contributed by atoms with Gasteiger partial charge in [0, 0.05) is 18.5 Å². The Hall–Kier alpha value is -0.0800. The lowest BCUT2D eigenvalue weighted by molar-refractivity contribution is 0.0731. The van der Waals surface area contributed by atoms with E-state index in [1.54, 1.807) is 0 Å². The van der Waals surface area contributed by atoms with E-state index < -0.39 is 0 Å². The zero-order valence-corrected chi connectivity index (χ0v) is 7.07. The molecule has 0 unspecified atom stereocenters. The third kappa shape index (κ3) is 1.57. The molecular formula is C9H17NO. The number of nitrogens with one attached hydrogen (secondary N) is 1. The number of rotatable bonds is 0. The highest BCUT2D eigenvalue weighted by molar-refractivity contribution is 4.87. The summed E-state index contributed by atoms with van der Waals surface area (Å²) in [5.74, 6) is 0. The van der Waals surface area contributed by atoms with Crippen molar-refractivity contribution in [1.82, 2.24) is 5.32 Å². The molecular weight excluding hydrogens is 138 g/mol. The van der Waals surface area contributed by atoms with Crippen molar-refractivity contribution in [2.45, 2.75) is 25.7 Å². The molecule has 2 heteroatoms. The van der Waals surface area contributed by atoms with Crippen molar-refractivity contribution in [2.75, 3.05) is 26.3 Å². The summed E-state index contributed by atoms with van der Waals surface area (Å²) in [6.45, 7) is 4.14. The molecule has 1 heterocycles. The maximum atomic E-state index is 5.57. The highest BCUT2D eigenvalue weighted by Crippen LogP contribution is 2.38. The van der Waals surface area contributed by atoms with Crippen molar-refractivity contribution in [3.63, 3.8) is 0 Å². The van der Waals surface area contributed by atoms with Crippen molar-refractivity contribution in [3.8, 4) is 0 Å². The molecule has 1 saturated carbocycles. The molecule has 2 fully saturated rings. The van der Waals surface area contributed by atoms with E-state index >= 15 is 0 Å². The van der Waals surface area contributed by atoms with E-state index in [4.69, 9.17) is 4.74 Å². The summed E-state index contributed by atoms with van der Waals surface area (Å²) in [5, 5.41) is 3.46. The van der Waals surface area contributed by atoms with Crippen molar-refractivity contribution < 1.29 is 4.74 Å². The largest absolute Gasteiger partial charge is 0.380 e. The SMILES string of the molecule is C1CCC2(C1)CNCCOC2. The molecule has 2 nitrogen and oxygen atoms in total. The second-order valence-corrected chi connectivity index (χ2v) is 3.94. The Balaban J connectivity index is 1.97. The van der Waals surface area contributed by atoms with Gasteiger partial charge in [0.05, 0.1) is 13.2 Å². The van der Waals surface area contributed by atoms with Gasteiger partial charge in [-0.1, -0.05) is 12.8 Å². The summed E-state index contributed by atoms with van der Waals surface area (Å²) in [6, 6.07) is 0. The molecule has 1 spiro atoms. The van der Waals surface area contributed by atoms with Crippen LogP contribution in [0.3, 0.4) is 0 Å².